The van der Waals surface area contributed by atoms with E-state index in [-0.39, 0.29) is 15.0 Å². The van der Waals surface area contributed by atoms with Crippen molar-refractivity contribution in [3.8, 4) is 11.5 Å². The molecule has 0 spiro atoms. The number of hydrogen-bond acceptors (Lipinski definition) is 6. The van der Waals surface area contributed by atoms with Crippen molar-refractivity contribution in [2.24, 2.45) is 0 Å². The number of rotatable bonds is 5. The van der Waals surface area contributed by atoms with Crippen LogP contribution >= 0.6 is 58.4 Å². The van der Waals surface area contributed by atoms with Gasteiger partial charge < -0.3 is 9.47 Å². The molecule has 1 heterocycles. The van der Waals surface area contributed by atoms with Gasteiger partial charge in [0.15, 0.2) is 11.2 Å². The number of hydrazine groups is 1. The molecule has 3 rings (SSSR count). The van der Waals surface area contributed by atoms with Gasteiger partial charge in [0, 0.05) is 15.1 Å². The van der Waals surface area contributed by atoms with Gasteiger partial charge in [-0.3, -0.25) is 25.8 Å². The van der Waals surface area contributed by atoms with Gasteiger partial charge in [0.05, 0.1) is 17.2 Å². The standard InChI is InChI=1S/C20H16Cl3N3O4S2/c1-9(30-14-6-3-10(21)7-13(14)22)18(27)25-26-20(31)24-19(28)17-16(23)12-5-4-11(29-2)8-15(12)32-17/h3-9H,1-2H3,(H,25,27)(H2,24,26,28,31). The van der Waals surface area contributed by atoms with E-state index >= 15 is 0 Å². The number of methoxy groups -OCH3 is 1. The molecule has 0 aliphatic heterocycles. The second-order valence-corrected chi connectivity index (χ2v) is 9.02. The maximum absolute atomic E-state index is 12.6. The Morgan fingerprint density at radius 2 is 1.84 bits per heavy atom. The van der Waals surface area contributed by atoms with Crippen LogP contribution in [0.25, 0.3) is 10.1 Å². The van der Waals surface area contributed by atoms with E-state index in [1.807, 2.05) is 0 Å². The van der Waals surface area contributed by atoms with Crippen molar-refractivity contribution >= 4 is 85.4 Å². The lowest BCUT2D eigenvalue weighted by Gasteiger charge is -2.17. The van der Waals surface area contributed by atoms with Crippen LogP contribution in [0.15, 0.2) is 36.4 Å². The smallest absolute Gasteiger partial charge is 0.279 e. The molecule has 0 saturated carbocycles. The van der Waals surface area contributed by atoms with Crippen LogP contribution in [0, 0.1) is 0 Å². The van der Waals surface area contributed by atoms with Gasteiger partial charge in [0.2, 0.25) is 0 Å². The van der Waals surface area contributed by atoms with E-state index in [0.29, 0.717) is 21.5 Å². The molecule has 1 aromatic heterocycles. The van der Waals surface area contributed by atoms with Gasteiger partial charge in [-0.05, 0) is 55.5 Å². The number of ether oxygens (including phenoxy) is 2. The summed E-state index contributed by atoms with van der Waals surface area (Å²) in [6.45, 7) is 1.52. The molecule has 1 unspecified atom stereocenters. The normalized spacial score (nSPS) is 11.5. The van der Waals surface area contributed by atoms with E-state index in [9.17, 15) is 9.59 Å². The number of thiocarbonyl (C=S) groups is 1. The second-order valence-electron chi connectivity index (χ2n) is 6.34. The first-order valence-corrected chi connectivity index (χ1v) is 11.3. The van der Waals surface area contributed by atoms with Gasteiger partial charge >= 0.3 is 0 Å². The fraction of sp³-hybridized carbons (Fsp3) is 0.150. The van der Waals surface area contributed by atoms with Crippen LogP contribution in [0.1, 0.15) is 16.6 Å². The highest BCUT2D eigenvalue weighted by atomic mass is 35.5. The molecule has 12 heteroatoms. The molecule has 0 fully saturated rings. The molecule has 3 N–H and O–H groups in total. The molecule has 2 amide bonds. The molecule has 0 radical (unpaired) electrons. The van der Waals surface area contributed by atoms with E-state index in [4.69, 9.17) is 56.5 Å². The SMILES string of the molecule is COc1ccc2c(Cl)c(C(=O)NC(=S)NNC(=O)C(C)Oc3ccc(Cl)cc3Cl)sc2c1. The van der Waals surface area contributed by atoms with E-state index in [1.165, 1.54) is 24.3 Å². The average Bonchev–Trinajstić information content (AvgIpc) is 3.09. The topological polar surface area (TPSA) is 88.7 Å². The van der Waals surface area contributed by atoms with Gasteiger partial charge in [-0.1, -0.05) is 34.8 Å². The molecular weight excluding hydrogens is 517 g/mol. The Hall–Kier alpha value is -2.30. The Kier molecular flexibility index (Phi) is 8.02. The number of amides is 2. The van der Waals surface area contributed by atoms with E-state index in [2.05, 4.69) is 16.2 Å². The van der Waals surface area contributed by atoms with Gasteiger partial charge in [-0.25, -0.2) is 0 Å². The summed E-state index contributed by atoms with van der Waals surface area (Å²) >= 11 is 24.5. The summed E-state index contributed by atoms with van der Waals surface area (Å²) in [5.74, 6) is -0.108. The molecular formula is C20H16Cl3N3O4S2. The molecule has 2 aromatic carbocycles. The molecule has 0 aliphatic rings. The lowest BCUT2D eigenvalue weighted by Crippen LogP contribution is -2.51. The number of nitrogens with one attached hydrogen (secondary N) is 3. The fourth-order valence-corrected chi connectivity index (χ4v) is 4.58. The molecule has 3 aromatic rings. The molecule has 1 atom stereocenters. The Balaban J connectivity index is 1.56. The zero-order valence-corrected chi connectivity index (χ0v) is 20.5. The third kappa shape index (κ3) is 5.73. The number of hydrogen-bond donors (Lipinski definition) is 3. The summed E-state index contributed by atoms with van der Waals surface area (Å²) in [4.78, 5) is 25.1. The van der Waals surface area contributed by atoms with Gasteiger partial charge in [-0.2, -0.15) is 0 Å². The summed E-state index contributed by atoms with van der Waals surface area (Å²) in [7, 11) is 1.55. The van der Waals surface area contributed by atoms with Crippen LogP contribution in [-0.2, 0) is 4.79 Å². The summed E-state index contributed by atoms with van der Waals surface area (Å²) in [6.07, 6.45) is -0.910. The predicted molar refractivity (Wildman–Crippen MR) is 131 cm³/mol. The van der Waals surface area contributed by atoms with Crippen molar-refractivity contribution in [2.75, 3.05) is 7.11 Å². The maximum atomic E-state index is 12.6. The number of carbonyl (C=O) groups excluding carboxylic acids is 2. The third-order valence-electron chi connectivity index (χ3n) is 4.14. The number of thiophene rings is 1. The van der Waals surface area contributed by atoms with Crippen molar-refractivity contribution in [2.45, 2.75) is 13.0 Å². The summed E-state index contributed by atoms with van der Waals surface area (Å²) < 4.78 is 11.5. The van der Waals surface area contributed by atoms with E-state index in [1.54, 1.807) is 37.4 Å². The third-order valence-corrected chi connectivity index (χ3v) is 6.53. The Morgan fingerprint density at radius 1 is 1.09 bits per heavy atom. The molecule has 7 nitrogen and oxygen atoms in total. The largest absolute Gasteiger partial charge is 0.497 e. The van der Waals surface area contributed by atoms with Crippen molar-refractivity contribution in [3.63, 3.8) is 0 Å². The minimum absolute atomic E-state index is 0.119. The first-order valence-electron chi connectivity index (χ1n) is 8.98. The zero-order chi connectivity index (χ0) is 23.4. The zero-order valence-electron chi connectivity index (χ0n) is 16.6. The van der Waals surface area contributed by atoms with Crippen LogP contribution in [0.4, 0.5) is 0 Å². The molecule has 0 aliphatic carbocycles. The lowest BCUT2D eigenvalue weighted by molar-refractivity contribution is -0.127. The van der Waals surface area contributed by atoms with Crippen LogP contribution in [0.2, 0.25) is 15.1 Å². The Labute approximate surface area is 207 Å². The molecule has 0 bridgehead atoms. The van der Waals surface area contributed by atoms with Crippen LogP contribution < -0.4 is 25.6 Å². The van der Waals surface area contributed by atoms with Crippen molar-refractivity contribution in [3.05, 3.63) is 56.3 Å². The minimum atomic E-state index is -0.910. The highest BCUT2D eigenvalue weighted by Gasteiger charge is 2.20. The number of benzene rings is 2. The molecule has 32 heavy (non-hydrogen) atoms. The van der Waals surface area contributed by atoms with Gasteiger partial charge in [0.25, 0.3) is 11.8 Å². The lowest BCUT2D eigenvalue weighted by atomic mass is 10.2. The molecule has 168 valence electrons. The Morgan fingerprint density at radius 3 is 2.53 bits per heavy atom. The van der Waals surface area contributed by atoms with Crippen LogP contribution in [0.5, 0.6) is 11.5 Å². The van der Waals surface area contributed by atoms with E-state index in [0.717, 1.165) is 10.1 Å². The monoisotopic (exact) mass is 531 g/mol. The Bertz CT molecular complexity index is 1200. The van der Waals surface area contributed by atoms with E-state index < -0.39 is 17.9 Å². The van der Waals surface area contributed by atoms with Gasteiger partial charge in [0.1, 0.15) is 16.4 Å². The van der Waals surface area contributed by atoms with Crippen LogP contribution in [-0.4, -0.2) is 30.1 Å². The number of fused-ring (bicyclic) bond motifs is 1. The summed E-state index contributed by atoms with van der Waals surface area (Å²) in [5, 5.41) is 4.09. The second kappa shape index (κ2) is 10.5. The number of carbonyl (C=O) groups is 2. The number of halogens is 3. The fourth-order valence-electron chi connectivity index (χ4n) is 2.54. The molecule has 0 saturated heterocycles. The quantitative estimate of drug-likeness (QED) is 0.317. The van der Waals surface area contributed by atoms with Crippen molar-refractivity contribution in [1.82, 2.24) is 16.2 Å². The van der Waals surface area contributed by atoms with Crippen LogP contribution in [0.3, 0.4) is 0 Å². The van der Waals surface area contributed by atoms with Crippen molar-refractivity contribution in [1.29, 1.82) is 0 Å². The maximum Gasteiger partial charge on any atom is 0.279 e. The van der Waals surface area contributed by atoms with Gasteiger partial charge in [-0.15, -0.1) is 11.3 Å². The first kappa shape index (κ1) is 24.3. The summed E-state index contributed by atoms with van der Waals surface area (Å²) in [5.41, 5.74) is 4.81. The predicted octanol–water partition coefficient (Wildman–Crippen LogP) is 4.97. The average molecular weight is 533 g/mol. The highest BCUT2D eigenvalue weighted by Crippen LogP contribution is 2.37. The van der Waals surface area contributed by atoms with Crippen molar-refractivity contribution < 1.29 is 19.1 Å². The first-order chi connectivity index (χ1) is 15.2. The minimum Gasteiger partial charge on any atom is -0.497 e. The summed E-state index contributed by atoms with van der Waals surface area (Å²) in [6, 6.07) is 9.96. The highest BCUT2D eigenvalue weighted by molar-refractivity contribution is 7.80.